The molecule has 0 amide bonds. The van der Waals surface area contributed by atoms with Crippen molar-refractivity contribution in [3.8, 4) is 5.75 Å². The van der Waals surface area contributed by atoms with E-state index < -0.39 is 6.17 Å². The second-order valence-electron chi connectivity index (χ2n) is 3.75. The van der Waals surface area contributed by atoms with Crippen molar-refractivity contribution in [2.45, 2.75) is 25.1 Å². The third-order valence-corrected chi connectivity index (χ3v) is 2.71. The van der Waals surface area contributed by atoms with Gasteiger partial charge in [0.1, 0.15) is 11.9 Å². The van der Waals surface area contributed by atoms with Crippen molar-refractivity contribution in [3.05, 3.63) is 29.8 Å². The molecule has 1 aromatic rings. The Bertz CT molecular complexity index is 310. The van der Waals surface area contributed by atoms with Crippen LogP contribution in [0.4, 0.5) is 4.39 Å². The molecule has 15 heavy (non-hydrogen) atoms. The van der Waals surface area contributed by atoms with Crippen molar-refractivity contribution in [1.82, 2.24) is 0 Å². The molecule has 2 rings (SSSR count). The number of ether oxygens (including phenoxy) is 2. The summed E-state index contributed by atoms with van der Waals surface area (Å²) in [4.78, 5) is 0. The summed E-state index contributed by atoms with van der Waals surface area (Å²) in [6.07, 6.45) is 0.157. The Morgan fingerprint density at radius 3 is 2.67 bits per heavy atom. The Hall–Kier alpha value is -1.09. The topological polar surface area (TPSA) is 18.5 Å². The number of hydrogen-bond donors (Lipinski definition) is 0. The van der Waals surface area contributed by atoms with Gasteiger partial charge in [0.25, 0.3) is 0 Å². The summed E-state index contributed by atoms with van der Waals surface area (Å²) in [6.45, 7) is 0.512. The van der Waals surface area contributed by atoms with Gasteiger partial charge in [0.2, 0.25) is 0 Å². The molecule has 0 N–H and O–H groups in total. The minimum absolute atomic E-state index is 0.0975. The van der Waals surface area contributed by atoms with Crippen LogP contribution < -0.4 is 4.74 Å². The molecule has 1 aromatic carbocycles. The number of alkyl halides is 1. The summed E-state index contributed by atoms with van der Waals surface area (Å²) in [5.74, 6) is 0.811. The lowest BCUT2D eigenvalue weighted by Gasteiger charge is -2.25. The van der Waals surface area contributed by atoms with Crippen LogP contribution in [0.1, 0.15) is 24.5 Å². The van der Waals surface area contributed by atoms with Gasteiger partial charge in [0.15, 0.2) is 0 Å². The molecule has 1 heterocycles. The van der Waals surface area contributed by atoms with Crippen molar-refractivity contribution < 1.29 is 13.9 Å². The Morgan fingerprint density at radius 1 is 1.33 bits per heavy atom. The van der Waals surface area contributed by atoms with Gasteiger partial charge in [-0.15, -0.1) is 0 Å². The molecule has 0 aromatic heterocycles. The smallest absolute Gasteiger partial charge is 0.118 e. The third-order valence-electron chi connectivity index (χ3n) is 2.71. The lowest BCUT2D eigenvalue weighted by atomic mass is 10.0. The largest absolute Gasteiger partial charge is 0.497 e. The average molecular weight is 210 g/mol. The molecule has 0 spiro atoms. The van der Waals surface area contributed by atoms with E-state index in [1.807, 2.05) is 24.3 Å². The SMILES string of the molecule is COc1ccc([C@@H]2C[C@H](F)CCO2)cc1. The molecule has 2 nitrogen and oxygen atoms in total. The number of rotatable bonds is 2. The highest BCUT2D eigenvalue weighted by atomic mass is 19.1. The maximum absolute atomic E-state index is 13.2. The first kappa shape index (κ1) is 10.4. The lowest BCUT2D eigenvalue weighted by Crippen LogP contribution is -2.20. The van der Waals surface area contributed by atoms with Crippen molar-refractivity contribution >= 4 is 0 Å². The number of halogens is 1. The first-order valence-electron chi connectivity index (χ1n) is 5.19. The maximum atomic E-state index is 13.2. The normalized spacial score (nSPS) is 26.3. The molecule has 0 bridgehead atoms. The van der Waals surface area contributed by atoms with Crippen LogP contribution in [-0.2, 0) is 4.74 Å². The Morgan fingerprint density at radius 2 is 2.07 bits per heavy atom. The fraction of sp³-hybridized carbons (Fsp3) is 0.500. The number of hydrogen-bond acceptors (Lipinski definition) is 2. The Balaban J connectivity index is 2.07. The molecule has 2 atom stereocenters. The Kier molecular flexibility index (Phi) is 3.21. The summed E-state index contributed by atoms with van der Waals surface area (Å²) < 4.78 is 23.7. The van der Waals surface area contributed by atoms with Crippen LogP contribution in [-0.4, -0.2) is 19.9 Å². The molecule has 1 fully saturated rings. The first-order chi connectivity index (χ1) is 7.29. The summed E-state index contributed by atoms with van der Waals surface area (Å²) >= 11 is 0. The first-order valence-corrected chi connectivity index (χ1v) is 5.19. The standard InChI is InChI=1S/C12H15FO2/c1-14-11-4-2-9(3-5-11)12-8-10(13)6-7-15-12/h2-5,10,12H,6-8H2,1H3/t10-,12+/m1/s1. The monoisotopic (exact) mass is 210 g/mol. The second kappa shape index (κ2) is 4.62. The van der Waals surface area contributed by atoms with Gasteiger partial charge >= 0.3 is 0 Å². The minimum atomic E-state index is -0.731. The minimum Gasteiger partial charge on any atom is -0.497 e. The van der Waals surface area contributed by atoms with Gasteiger partial charge < -0.3 is 9.47 Å². The molecular formula is C12H15FO2. The third kappa shape index (κ3) is 2.48. The molecule has 1 aliphatic rings. The molecule has 3 heteroatoms. The summed E-state index contributed by atoms with van der Waals surface area (Å²) in [6, 6.07) is 7.62. The van der Waals surface area contributed by atoms with Crippen LogP contribution in [0.25, 0.3) is 0 Å². The van der Waals surface area contributed by atoms with Gasteiger partial charge in [-0.1, -0.05) is 12.1 Å². The Labute approximate surface area is 89.0 Å². The molecular weight excluding hydrogens is 195 g/mol. The van der Waals surface area contributed by atoms with E-state index in [9.17, 15) is 4.39 Å². The zero-order valence-corrected chi connectivity index (χ0v) is 8.78. The summed E-state index contributed by atoms with van der Waals surface area (Å²) in [5.41, 5.74) is 1.03. The molecule has 82 valence electrons. The highest BCUT2D eigenvalue weighted by Crippen LogP contribution is 2.30. The zero-order valence-electron chi connectivity index (χ0n) is 8.78. The summed E-state index contributed by atoms with van der Waals surface area (Å²) in [5, 5.41) is 0. The van der Waals surface area contributed by atoms with Crippen molar-refractivity contribution in [3.63, 3.8) is 0 Å². The lowest BCUT2D eigenvalue weighted by molar-refractivity contribution is -0.0193. The predicted octanol–water partition coefficient (Wildman–Crippen LogP) is 2.88. The molecule has 0 aliphatic carbocycles. The average Bonchev–Trinajstić information content (AvgIpc) is 2.29. The van der Waals surface area contributed by atoms with Crippen molar-refractivity contribution in [2.24, 2.45) is 0 Å². The number of benzene rings is 1. The number of methoxy groups -OCH3 is 1. The van der Waals surface area contributed by atoms with E-state index in [1.54, 1.807) is 7.11 Å². The second-order valence-corrected chi connectivity index (χ2v) is 3.75. The van der Waals surface area contributed by atoms with E-state index in [1.165, 1.54) is 0 Å². The fourth-order valence-electron chi connectivity index (χ4n) is 1.81. The van der Waals surface area contributed by atoms with Crippen molar-refractivity contribution in [2.75, 3.05) is 13.7 Å². The van der Waals surface area contributed by atoms with E-state index in [0.717, 1.165) is 11.3 Å². The fourth-order valence-corrected chi connectivity index (χ4v) is 1.81. The van der Waals surface area contributed by atoms with E-state index in [-0.39, 0.29) is 6.10 Å². The van der Waals surface area contributed by atoms with Crippen LogP contribution in [0.3, 0.4) is 0 Å². The van der Waals surface area contributed by atoms with Crippen molar-refractivity contribution in [1.29, 1.82) is 0 Å². The quantitative estimate of drug-likeness (QED) is 0.747. The maximum Gasteiger partial charge on any atom is 0.118 e. The molecule has 1 aliphatic heterocycles. The van der Waals surface area contributed by atoms with Crippen LogP contribution >= 0.6 is 0 Å². The van der Waals surface area contributed by atoms with Gasteiger partial charge in [0.05, 0.1) is 19.8 Å². The van der Waals surface area contributed by atoms with Gasteiger partial charge in [-0.2, -0.15) is 0 Å². The van der Waals surface area contributed by atoms with E-state index in [4.69, 9.17) is 9.47 Å². The van der Waals surface area contributed by atoms with Gasteiger partial charge in [0, 0.05) is 12.8 Å². The highest BCUT2D eigenvalue weighted by molar-refractivity contribution is 5.28. The van der Waals surface area contributed by atoms with E-state index >= 15 is 0 Å². The van der Waals surface area contributed by atoms with Gasteiger partial charge in [-0.05, 0) is 17.7 Å². The van der Waals surface area contributed by atoms with Crippen LogP contribution in [0.5, 0.6) is 5.75 Å². The zero-order chi connectivity index (χ0) is 10.7. The van der Waals surface area contributed by atoms with Crippen LogP contribution in [0, 0.1) is 0 Å². The molecule has 0 saturated carbocycles. The summed E-state index contributed by atoms with van der Waals surface area (Å²) in [7, 11) is 1.63. The van der Waals surface area contributed by atoms with Crippen LogP contribution in [0.15, 0.2) is 24.3 Å². The van der Waals surface area contributed by atoms with E-state index in [0.29, 0.717) is 19.4 Å². The molecule has 1 saturated heterocycles. The van der Waals surface area contributed by atoms with Gasteiger partial charge in [-0.25, -0.2) is 4.39 Å². The van der Waals surface area contributed by atoms with Gasteiger partial charge in [-0.3, -0.25) is 0 Å². The molecule has 0 unspecified atom stereocenters. The predicted molar refractivity (Wildman–Crippen MR) is 55.8 cm³/mol. The van der Waals surface area contributed by atoms with Crippen LogP contribution in [0.2, 0.25) is 0 Å². The van der Waals surface area contributed by atoms with E-state index in [2.05, 4.69) is 0 Å². The molecule has 0 radical (unpaired) electrons. The highest BCUT2D eigenvalue weighted by Gasteiger charge is 2.23.